The number of ether oxygens (including phenoxy) is 1. The van der Waals surface area contributed by atoms with Gasteiger partial charge >= 0.3 is 0 Å². The van der Waals surface area contributed by atoms with Crippen molar-refractivity contribution in [2.75, 3.05) is 13.2 Å². The highest BCUT2D eigenvalue weighted by Crippen LogP contribution is 2.32. The van der Waals surface area contributed by atoms with Crippen molar-refractivity contribution in [2.45, 2.75) is 25.5 Å². The normalized spacial score (nSPS) is 25.9. The van der Waals surface area contributed by atoms with Crippen LogP contribution in [0.1, 0.15) is 24.3 Å². The highest BCUT2D eigenvalue weighted by atomic mass is 32.1. The molecule has 0 spiro atoms. The third-order valence-corrected chi connectivity index (χ3v) is 4.49. The summed E-state index contributed by atoms with van der Waals surface area (Å²) in [6.07, 6.45) is 1.32. The highest BCUT2D eigenvalue weighted by Gasteiger charge is 2.19. The van der Waals surface area contributed by atoms with Crippen LogP contribution in [0.4, 0.5) is 0 Å². The second-order valence-electron chi connectivity index (χ2n) is 4.64. The number of nitrogens with one attached hydrogen (secondary N) is 1. The molecule has 3 rings (SSSR count). The maximum absolute atomic E-state index is 5.94. The topological polar surface area (TPSA) is 21.3 Å². The van der Waals surface area contributed by atoms with Gasteiger partial charge in [-0.15, -0.1) is 11.3 Å². The summed E-state index contributed by atoms with van der Waals surface area (Å²) in [5.74, 6) is 0. The summed E-state index contributed by atoms with van der Waals surface area (Å²) in [5, 5.41) is 4.85. The number of benzene rings is 1. The number of rotatable bonds is 1. The smallest absolute Gasteiger partial charge is 0.104 e. The summed E-state index contributed by atoms with van der Waals surface area (Å²) in [6.45, 7) is 4.00. The summed E-state index contributed by atoms with van der Waals surface area (Å²) in [4.78, 5) is 1.34. The zero-order valence-electron chi connectivity index (χ0n) is 9.98. The van der Waals surface area contributed by atoms with Crippen LogP contribution in [0.5, 0.6) is 0 Å². The second kappa shape index (κ2) is 4.77. The van der Waals surface area contributed by atoms with E-state index in [2.05, 4.69) is 42.6 Å². The van der Waals surface area contributed by atoms with Gasteiger partial charge in [-0.3, -0.25) is 0 Å². The molecule has 1 N–H and O–H groups in total. The summed E-state index contributed by atoms with van der Waals surface area (Å²) >= 11 is 1.85. The van der Waals surface area contributed by atoms with Gasteiger partial charge in [-0.25, -0.2) is 0 Å². The van der Waals surface area contributed by atoms with Gasteiger partial charge in [0.2, 0.25) is 0 Å². The molecule has 17 heavy (non-hydrogen) atoms. The van der Waals surface area contributed by atoms with Crippen LogP contribution < -0.4 is 5.32 Å². The molecule has 1 aliphatic rings. The van der Waals surface area contributed by atoms with Crippen LogP contribution in [-0.4, -0.2) is 19.2 Å². The number of fused-ring (bicyclic) bond motifs is 1. The Kier molecular flexibility index (Phi) is 3.14. The van der Waals surface area contributed by atoms with E-state index in [0.29, 0.717) is 6.04 Å². The zero-order valence-corrected chi connectivity index (χ0v) is 10.8. The van der Waals surface area contributed by atoms with Crippen LogP contribution in [-0.2, 0) is 4.74 Å². The molecule has 1 fully saturated rings. The minimum atomic E-state index is 0.220. The first-order valence-corrected chi connectivity index (χ1v) is 6.98. The van der Waals surface area contributed by atoms with E-state index in [-0.39, 0.29) is 6.10 Å². The third-order valence-electron chi connectivity index (χ3n) is 3.28. The lowest BCUT2D eigenvalue weighted by atomic mass is 10.2. The molecule has 1 aromatic carbocycles. The Morgan fingerprint density at radius 3 is 3.12 bits per heavy atom. The van der Waals surface area contributed by atoms with Gasteiger partial charge in [0.25, 0.3) is 0 Å². The van der Waals surface area contributed by atoms with Gasteiger partial charge in [0.05, 0.1) is 0 Å². The van der Waals surface area contributed by atoms with Gasteiger partial charge < -0.3 is 10.1 Å². The quantitative estimate of drug-likeness (QED) is 0.834. The molecular formula is C14H17NOS. The fourth-order valence-corrected chi connectivity index (χ4v) is 3.31. The van der Waals surface area contributed by atoms with E-state index < -0.39 is 0 Å². The molecular weight excluding hydrogens is 230 g/mol. The molecule has 2 nitrogen and oxygen atoms in total. The SMILES string of the molecule is CC1CCOC(c2cc3ccccc3s2)CN1. The Bertz CT molecular complexity index is 475. The van der Waals surface area contributed by atoms with E-state index in [1.165, 1.54) is 15.0 Å². The van der Waals surface area contributed by atoms with E-state index in [1.54, 1.807) is 0 Å². The Morgan fingerprint density at radius 1 is 1.35 bits per heavy atom. The first-order chi connectivity index (χ1) is 8.33. The van der Waals surface area contributed by atoms with Crippen LogP contribution in [0.3, 0.4) is 0 Å². The van der Waals surface area contributed by atoms with Crippen molar-refractivity contribution in [1.29, 1.82) is 0 Å². The Labute approximate surface area is 106 Å². The standard InChI is InChI=1S/C14H17NOS/c1-10-6-7-16-12(9-15-10)14-8-11-4-2-3-5-13(11)17-14/h2-5,8,10,12,15H,6-7,9H2,1H3. The summed E-state index contributed by atoms with van der Waals surface area (Å²) in [7, 11) is 0. The molecule has 90 valence electrons. The number of thiophene rings is 1. The predicted molar refractivity (Wildman–Crippen MR) is 72.6 cm³/mol. The molecule has 3 heteroatoms. The van der Waals surface area contributed by atoms with E-state index in [0.717, 1.165) is 19.6 Å². The zero-order chi connectivity index (χ0) is 11.7. The molecule has 1 saturated heterocycles. The van der Waals surface area contributed by atoms with Crippen molar-refractivity contribution < 1.29 is 4.74 Å². The molecule has 2 aromatic rings. The fraction of sp³-hybridized carbons (Fsp3) is 0.429. The van der Waals surface area contributed by atoms with Crippen molar-refractivity contribution >= 4 is 21.4 Å². The molecule has 2 heterocycles. The minimum Gasteiger partial charge on any atom is -0.371 e. The molecule has 0 bridgehead atoms. The van der Waals surface area contributed by atoms with E-state index in [1.807, 2.05) is 11.3 Å². The lowest BCUT2D eigenvalue weighted by molar-refractivity contribution is 0.0690. The third kappa shape index (κ3) is 2.37. The van der Waals surface area contributed by atoms with E-state index in [4.69, 9.17) is 4.74 Å². The summed E-state index contributed by atoms with van der Waals surface area (Å²) < 4.78 is 7.29. The molecule has 1 aromatic heterocycles. The largest absolute Gasteiger partial charge is 0.371 e. The van der Waals surface area contributed by atoms with E-state index >= 15 is 0 Å². The van der Waals surface area contributed by atoms with Gasteiger partial charge in [-0.2, -0.15) is 0 Å². The van der Waals surface area contributed by atoms with E-state index in [9.17, 15) is 0 Å². The molecule has 0 saturated carbocycles. The lowest BCUT2D eigenvalue weighted by Gasteiger charge is -2.13. The number of hydrogen-bond acceptors (Lipinski definition) is 3. The van der Waals surface area contributed by atoms with Crippen molar-refractivity contribution in [3.05, 3.63) is 35.2 Å². The van der Waals surface area contributed by atoms with Gasteiger partial charge in [-0.05, 0) is 30.9 Å². The van der Waals surface area contributed by atoms with Gasteiger partial charge in [0.1, 0.15) is 6.10 Å². The van der Waals surface area contributed by atoms with Crippen molar-refractivity contribution in [3.63, 3.8) is 0 Å². The predicted octanol–water partition coefficient (Wildman–Crippen LogP) is 3.34. The monoisotopic (exact) mass is 247 g/mol. The molecule has 2 atom stereocenters. The molecule has 0 aliphatic carbocycles. The van der Waals surface area contributed by atoms with Crippen LogP contribution in [0.2, 0.25) is 0 Å². The minimum absolute atomic E-state index is 0.220. The Morgan fingerprint density at radius 2 is 2.24 bits per heavy atom. The fourth-order valence-electron chi connectivity index (χ4n) is 2.20. The van der Waals surface area contributed by atoms with Gasteiger partial charge in [0, 0.05) is 28.8 Å². The van der Waals surface area contributed by atoms with Crippen LogP contribution in [0.25, 0.3) is 10.1 Å². The Hall–Kier alpha value is -0.900. The van der Waals surface area contributed by atoms with Crippen molar-refractivity contribution in [2.24, 2.45) is 0 Å². The summed E-state index contributed by atoms with van der Waals surface area (Å²) in [6, 6.07) is 11.4. The maximum atomic E-state index is 5.94. The first kappa shape index (κ1) is 11.2. The van der Waals surface area contributed by atoms with Crippen molar-refractivity contribution in [3.8, 4) is 0 Å². The lowest BCUT2D eigenvalue weighted by Crippen LogP contribution is -2.27. The second-order valence-corrected chi connectivity index (χ2v) is 5.76. The first-order valence-electron chi connectivity index (χ1n) is 6.16. The van der Waals surface area contributed by atoms with Crippen LogP contribution >= 0.6 is 11.3 Å². The van der Waals surface area contributed by atoms with Crippen LogP contribution in [0.15, 0.2) is 30.3 Å². The van der Waals surface area contributed by atoms with Gasteiger partial charge in [-0.1, -0.05) is 18.2 Å². The number of hydrogen-bond donors (Lipinski definition) is 1. The molecule has 0 radical (unpaired) electrons. The van der Waals surface area contributed by atoms with Crippen molar-refractivity contribution in [1.82, 2.24) is 5.32 Å². The maximum Gasteiger partial charge on any atom is 0.104 e. The Balaban J connectivity index is 1.87. The van der Waals surface area contributed by atoms with Crippen LogP contribution in [0, 0.1) is 0 Å². The average molecular weight is 247 g/mol. The summed E-state index contributed by atoms with van der Waals surface area (Å²) in [5.41, 5.74) is 0. The highest BCUT2D eigenvalue weighted by molar-refractivity contribution is 7.19. The molecule has 0 amide bonds. The molecule has 1 aliphatic heterocycles. The molecule has 2 unspecified atom stereocenters. The van der Waals surface area contributed by atoms with Gasteiger partial charge in [0.15, 0.2) is 0 Å². The average Bonchev–Trinajstić information content (AvgIpc) is 2.65.